The van der Waals surface area contributed by atoms with E-state index in [9.17, 15) is 17.2 Å². The average Bonchev–Trinajstić information content (AvgIpc) is 2.36. The van der Waals surface area contributed by atoms with Gasteiger partial charge in [-0.3, -0.25) is 0 Å². The molecule has 0 amide bonds. The number of nitrogens with one attached hydrogen (secondary N) is 1. The molecule has 1 N–H and O–H groups in total. The molecule has 1 rings (SSSR count). The first kappa shape index (κ1) is 16.9. The quantitative estimate of drug-likeness (QED) is 0.619. The van der Waals surface area contributed by atoms with E-state index >= 15 is 0 Å². The first-order chi connectivity index (χ1) is 9.36. The number of allylic oxidation sites excluding steroid dienone is 1. The molecule has 0 heterocycles. The highest BCUT2D eigenvalue weighted by molar-refractivity contribution is 7.89. The summed E-state index contributed by atoms with van der Waals surface area (Å²) in [7, 11) is -3.72. The maximum atomic E-state index is 12.1. The van der Waals surface area contributed by atoms with Crippen LogP contribution in [0.3, 0.4) is 0 Å². The lowest BCUT2D eigenvalue weighted by Gasteiger charge is -2.09. The van der Waals surface area contributed by atoms with Gasteiger partial charge >= 0.3 is 6.61 Å². The molecule has 0 aliphatic carbocycles. The number of hydrogen-bond donors (Lipinski definition) is 1. The van der Waals surface area contributed by atoms with E-state index in [-0.39, 0.29) is 22.2 Å². The summed E-state index contributed by atoms with van der Waals surface area (Å²) in [4.78, 5) is -0.107. The summed E-state index contributed by atoms with van der Waals surface area (Å²) in [5.74, 6) is -0.269. The second-order valence-corrected chi connectivity index (χ2v) is 5.90. The Hall–Kier alpha value is -1.18. The third-order valence-electron chi connectivity index (χ3n) is 2.27. The summed E-state index contributed by atoms with van der Waals surface area (Å²) in [6.07, 6.45) is 4.17. The standard InChI is InChI=1S/C12H14ClF2NO3S/c1-2-3-4-7-16-20(17,18)9-5-6-11(10(13)8-9)19-12(14)15/h2-3,5-6,8,12,16H,4,7H2,1H3/b3-2+. The van der Waals surface area contributed by atoms with Crippen molar-refractivity contribution in [1.29, 1.82) is 0 Å². The number of rotatable bonds is 7. The molecule has 0 saturated carbocycles. The first-order valence-corrected chi connectivity index (χ1v) is 7.58. The summed E-state index contributed by atoms with van der Waals surface area (Å²) in [6.45, 7) is -0.954. The van der Waals surface area contributed by atoms with Crippen LogP contribution in [0.15, 0.2) is 35.2 Å². The van der Waals surface area contributed by atoms with E-state index < -0.39 is 16.6 Å². The first-order valence-electron chi connectivity index (χ1n) is 5.72. The molecular weight excluding hydrogens is 312 g/mol. The second-order valence-electron chi connectivity index (χ2n) is 3.73. The third kappa shape index (κ3) is 5.07. The van der Waals surface area contributed by atoms with Crippen LogP contribution in [-0.4, -0.2) is 21.6 Å². The van der Waals surface area contributed by atoms with Crippen LogP contribution >= 0.6 is 11.6 Å². The van der Waals surface area contributed by atoms with Gasteiger partial charge in [-0.2, -0.15) is 8.78 Å². The van der Waals surface area contributed by atoms with Crippen LogP contribution in [0, 0.1) is 0 Å². The number of alkyl halides is 2. The van der Waals surface area contributed by atoms with Crippen molar-refractivity contribution in [2.45, 2.75) is 24.9 Å². The van der Waals surface area contributed by atoms with Crippen molar-refractivity contribution in [3.05, 3.63) is 35.4 Å². The predicted molar refractivity (Wildman–Crippen MR) is 72.7 cm³/mol. The lowest BCUT2D eigenvalue weighted by Crippen LogP contribution is -2.24. The minimum Gasteiger partial charge on any atom is -0.433 e. The fraction of sp³-hybridized carbons (Fsp3) is 0.333. The number of halogens is 3. The molecular formula is C12H14ClF2NO3S. The maximum absolute atomic E-state index is 12.1. The Morgan fingerprint density at radius 2 is 2.15 bits per heavy atom. The van der Waals surface area contributed by atoms with Gasteiger partial charge in [-0.15, -0.1) is 0 Å². The molecule has 8 heteroatoms. The van der Waals surface area contributed by atoms with E-state index in [0.29, 0.717) is 6.42 Å². The van der Waals surface area contributed by atoms with Gasteiger partial charge in [-0.1, -0.05) is 23.8 Å². The van der Waals surface area contributed by atoms with Crippen molar-refractivity contribution in [2.24, 2.45) is 0 Å². The molecule has 0 radical (unpaired) electrons. The fourth-order valence-corrected chi connectivity index (χ4v) is 2.73. The fourth-order valence-electron chi connectivity index (χ4n) is 1.37. The van der Waals surface area contributed by atoms with Crippen molar-refractivity contribution < 1.29 is 21.9 Å². The Bertz CT molecular complexity index is 576. The number of ether oxygens (including phenoxy) is 1. The van der Waals surface area contributed by atoms with E-state index in [4.69, 9.17) is 11.6 Å². The summed E-state index contributed by atoms with van der Waals surface area (Å²) in [5, 5.41) is -0.193. The Balaban J connectivity index is 2.83. The third-order valence-corrected chi connectivity index (χ3v) is 4.02. The second kappa shape index (κ2) is 7.56. The van der Waals surface area contributed by atoms with Gasteiger partial charge in [-0.25, -0.2) is 13.1 Å². The summed E-state index contributed by atoms with van der Waals surface area (Å²) < 4.78 is 54.4. The average molecular weight is 326 g/mol. The van der Waals surface area contributed by atoms with E-state index in [1.54, 1.807) is 0 Å². The van der Waals surface area contributed by atoms with E-state index in [0.717, 1.165) is 18.2 Å². The minimum absolute atomic E-state index is 0.107. The lowest BCUT2D eigenvalue weighted by molar-refractivity contribution is -0.0498. The van der Waals surface area contributed by atoms with Crippen LogP contribution < -0.4 is 9.46 Å². The van der Waals surface area contributed by atoms with Crippen molar-refractivity contribution >= 4 is 21.6 Å². The lowest BCUT2D eigenvalue weighted by atomic mass is 10.3. The molecule has 0 bridgehead atoms. The maximum Gasteiger partial charge on any atom is 0.387 e. The molecule has 0 aliphatic rings. The van der Waals surface area contributed by atoms with Gasteiger partial charge in [0.05, 0.1) is 9.92 Å². The molecule has 0 fully saturated rings. The Morgan fingerprint density at radius 3 is 2.70 bits per heavy atom. The van der Waals surface area contributed by atoms with E-state index in [2.05, 4.69) is 9.46 Å². The zero-order chi connectivity index (χ0) is 15.2. The predicted octanol–water partition coefficient (Wildman–Crippen LogP) is 3.19. The van der Waals surface area contributed by atoms with Crippen LogP contribution in [0.1, 0.15) is 13.3 Å². The van der Waals surface area contributed by atoms with Crippen molar-refractivity contribution in [3.8, 4) is 5.75 Å². The highest BCUT2D eigenvalue weighted by Gasteiger charge is 2.16. The summed E-state index contributed by atoms with van der Waals surface area (Å²) >= 11 is 5.70. The van der Waals surface area contributed by atoms with Gasteiger partial charge in [0.2, 0.25) is 10.0 Å². The summed E-state index contributed by atoms with van der Waals surface area (Å²) in [5.41, 5.74) is 0. The zero-order valence-corrected chi connectivity index (χ0v) is 12.2. The molecule has 0 unspecified atom stereocenters. The number of sulfonamides is 1. The van der Waals surface area contributed by atoms with Gasteiger partial charge in [0.25, 0.3) is 0 Å². The van der Waals surface area contributed by atoms with Gasteiger partial charge in [0, 0.05) is 6.54 Å². The molecule has 0 aromatic heterocycles. The molecule has 4 nitrogen and oxygen atoms in total. The highest BCUT2D eigenvalue weighted by atomic mass is 35.5. The van der Waals surface area contributed by atoms with Gasteiger partial charge in [0.15, 0.2) is 0 Å². The van der Waals surface area contributed by atoms with Crippen molar-refractivity contribution in [2.75, 3.05) is 6.54 Å². The van der Waals surface area contributed by atoms with E-state index in [1.165, 1.54) is 0 Å². The van der Waals surface area contributed by atoms with Gasteiger partial charge < -0.3 is 4.74 Å². The number of hydrogen-bond acceptors (Lipinski definition) is 3. The SMILES string of the molecule is C/C=C/CCNS(=O)(=O)c1ccc(OC(F)F)c(Cl)c1. The van der Waals surface area contributed by atoms with Crippen LogP contribution in [-0.2, 0) is 10.0 Å². The largest absolute Gasteiger partial charge is 0.433 e. The minimum atomic E-state index is -3.72. The molecule has 0 saturated heterocycles. The molecule has 1 aromatic carbocycles. The molecule has 0 spiro atoms. The molecule has 1 aromatic rings. The van der Waals surface area contributed by atoms with Crippen LogP contribution in [0.2, 0.25) is 5.02 Å². The van der Waals surface area contributed by atoms with Crippen LogP contribution in [0.5, 0.6) is 5.75 Å². The van der Waals surface area contributed by atoms with Crippen molar-refractivity contribution in [3.63, 3.8) is 0 Å². The van der Waals surface area contributed by atoms with Gasteiger partial charge in [-0.05, 0) is 31.5 Å². The monoisotopic (exact) mass is 325 g/mol. The molecule has 112 valence electrons. The molecule has 0 atom stereocenters. The molecule has 20 heavy (non-hydrogen) atoms. The zero-order valence-electron chi connectivity index (χ0n) is 10.6. The topological polar surface area (TPSA) is 55.4 Å². The number of benzene rings is 1. The normalized spacial score (nSPS) is 12.2. The Morgan fingerprint density at radius 1 is 1.45 bits per heavy atom. The molecule has 0 aliphatic heterocycles. The van der Waals surface area contributed by atoms with Gasteiger partial charge in [0.1, 0.15) is 5.75 Å². The van der Waals surface area contributed by atoms with Crippen molar-refractivity contribution in [1.82, 2.24) is 4.72 Å². The van der Waals surface area contributed by atoms with E-state index in [1.807, 2.05) is 19.1 Å². The Kier molecular flexibility index (Phi) is 6.38. The van der Waals surface area contributed by atoms with Crippen LogP contribution in [0.4, 0.5) is 8.78 Å². The Labute approximate surface area is 121 Å². The smallest absolute Gasteiger partial charge is 0.387 e. The highest BCUT2D eigenvalue weighted by Crippen LogP contribution is 2.28. The van der Waals surface area contributed by atoms with Crippen LogP contribution in [0.25, 0.3) is 0 Å². The summed E-state index contributed by atoms with van der Waals surface area (Å²) in [6, 6.07) is 3.31.